The van der Waals surface area contributed by atoms with Crippen LogP contribution < -0.4 is 10.6 Å². The lowest BCUT2D eigenvalue weighted by atomic mass is 10.0. The van der Waals surface area contributed by atoms with Crippen molar-refractivity contribution in [2.75, 3.05) is 10.6 Å². The van der Waals surface area contributed by atoms with Crippen molar-refractivity contribution in [1.29, 1.82) is 5.41 Å². The molecule has 4 N–H and O–H groups in total. The van der Waals surface area contributed by atoms with Gasteiger partial charge in [0.1, 0.15) is 5.82 Å². The number of carboxylic acid groups (broad SMARTS) is 1. The minimum absolute atomic E-state index is 0.117. The third kappa shape index (κ3) is 6.04. The van der Waals surface area contributed by atoms with Gasteiger partial charge in [-0.25, -0.2) is 4.39 Å². The minimum Gasteiger partial charge on any atom is -0.481 e. The Morgan fingerprint density at radius 3 is 2.32 bits per heavy atom. The molecule has 172 valence electrons. The van der Waals surface area contributed by atoms with Gasteiger partial charge in [0.05, 0.1) is 12.1 Å². The quantitative estimate of drug-likeness (QED) is 0.288. The van der Waals surface area contributed by atoms with E-state index in [2.05, 4.69) is 23.8 Å². The third-order valence-electron chi connectivity index (χ3n) is 5.12. The summed E-state index contributed by atoms with van der Waals surface area (Å²) in [6.45, 7) is 7.82. The van der Waals surface area contributed by atoms with Crippen LogP contribution in [0.5, 0.6) is 0 Å². The van der Waals surface area contributed by atoms with Gasteiger partial charge in [-0.2, -0.15) is 0 Å². The monoisotopic (exact) mass is 457 g/mol. The fraction of sp³-hybridized carbons (Fsp3) is 0.0741. The molecule has 34 heavy (non-hydrogen) atoms. The Labute approximate surface area is 197 Å². The van der Waals surface area contributed by atoms with Gasteiger partial charge in [0.2, 0.25) is 0 Å². The third-order valence-corrected chi connectivity index (χ3v) is 5.12. The van der Waals surface area contributed by atoms with Crippen molar-refractivity contribution < 1.29 is 19.1 Å². The summed E-state index contributed by atoms with van der Waals surface area (Å²) in [6.07, 6.45) is 2.91. The first-order valence-electron chi connectivity index (χ1n) is 10.4. The van der Waals surface area contributed by atoms with Crippen molar-refractivity contribution in [3.05, 3.63) is 107 Å². The molecule has 0 aliphatic heterocycles. The summed E-state index contributed by atoms with van der Waals surface area (Å²) >= 11 is 0. The molecule has 0 saturated carbocycles. The average Bonchev–Trinajstić information content (AvgIpc) is 2.82. The standard InChI is InChI=1S/C27H24FN3O3/c1-3-18-7-8-20(13-19(18)4-2)27(34)31-22-10-5-17(6-11-22)16-30-25-14-21(28)9-12-23(25)24(29)15-26(32)33/h3-14,29-30H,1-2,15-16H2,(H,31,34)(H,32,33). The molecule has 3 aromatic carbocycles. The topological polar surface area (TPSA) is 102 Å². The first-order chi connectivity index (χ1) is 16.3. The van der Waals surface area contributed by atoms with Gasteiger partial charge in [-0.15, -0.1) is 0 Å². The van der Waals surface area contributed by atoms with E-state index < -0.39 is 18.2 Å². The van der Waals surface area contributed by atoms with Crippen molar-refractivity contribution >= 4 is 41.1 Å². The van der Waals surface area contributed by atoms with Gasteiger partial charge in [-0.3, -0.25) is 9.59 Å². The molecule has 0 unspecified atom stereocenters. The summed E-state index contributed by atoms with van der Waals surface area (Å²) < 4.78 is 13.7. The molecule has 0 radical (unpaired) electrons. The van der Waals surface area contributed by atoms with E-state index in [4.69, 9.17) is 10.5 Å². The number of amides is 1. The number of nitrogens with one attached hydrogen (secondary N) is 3. The fourth-order valence-corrected chi connectivity index (χ4v) is 3.36. The molecule has 0 saturated heterocycles. The Morgan fingerprint density at radius 1 is 0.971 bits per heavy atom. The van der Waals surface area contributed by atoms with Crippen molar-refractivity contribution in [2.24, 2.45) is 0 Å². The van der Waals surface area contributed by atoms with Crippen LogP contribution in [0.25, 0.3) is 12.2 Å². The summed E-state index contributed by atoms with van der Waals surface area (Å²) in [6, 6.07) is 16.2. The second-order valence-electron chi connectivity index (χ2n) is 7.50. The number of anilines is 2. The van der Waals surface area contributed by atoms with Crippen LogP contribution >= 0.6 is 0 Å². The first kappa shape index (κ1) is 24.1. The Kier molecular flexibility index (Phi) is 7.71. The largest absolute Gasteiger partial charge is 0.481 e. The summed E-state index contributed by atoms with van der Waals surface area (Å²) in [7, 11) is 0. The molecule has 0 fully saturated rings. The lowest BCUT2D eigenvalue weighted by Crippen LogP contribution is -2.12. The van der Waals surface area contributed by atoms with Crippen LogP contribution in [0.1, 0.15) is 39.0 Å². The highest BCUT2D eigenvalue weighted by Gasteiger charge is 2.13. The minimum atomic E-state index is -1.13. The maximum Gasteiger partial charge on any atom is 0.309 e. The number of carboxylic acids is 1. The number of carbonyl (C=O) groups excluding carboxylic acids is 1. The second-order valence-corrected chi connectivity index (χ2v) is 7.50. The van der Waals surface area contributed by atoms with Crippen LogP contribution in [-0.4, -0.2) is 22.7 Å². The van der Waals surface area contributed by atoms with E-state index in [1.165, 1.54) is 18.2 Å². The van der Waals surface area contributed by atoms with Gasteiger partial charge in [0, 0.05) is 29.0 Å². The summed E-state index contributed by atoms with van der Waals surface area (Å²) in [5.41, 5.74) is 4.21. The van der Waals surface area contributed by atoms with Crippen molar-refractivity contribution in [2.45, 2.75) is 13.0 Å². The predicted molar refractivity (Wildman–Crippen MR) is 134 cm³/mol. The van der Waals surface area contributed by atoms with E-state index in [0.29, 0.717) is 29.0 Å². The van der Waals surface area contributed by atoms with E-state index >= 15 is 0 Å². The molecule has 0 aliphatic rings. The summed E-state index contributed by atoms with van der Waals surface area (Å²) in [5, 5.41) is 22.8. The molecule has 3 aromatic rings. The van der Waals surface area contributed by atoms with Gasteiger partial charge < -0.3 is 21.1 Å². The Balaban J connectivity index is 1.67. The van der Waals surface area contributed by atoms with Crippen LogP contribution in [0, 0.1) is 11.2 Å². The number of rotatable bonds is 10. The molecule has 6 nitrogen and oxygen atoms in total. The predicted octanol–water partition coefficient (Wildman–Crippen LogP) is 5.82. The molecule has 3 rings (SSSR count). The van der Waals surface area contributed by atoms with Gasteiger partial charge in [-0.1, -0.05) is 43.5 Å². The normalized spacial score (nSPS) is 10.3. The lowest BCUT2D eigenvalue weighted by Gasteiger charge is -2.13. The first-order valence-corrected chi connectivity index (χ1v) is 10.4. The van der Waals surface area contributed by atoms with Crippen molar-refractivity contribution in [3.8, 4) is 0 Å². The smallest absolute Gasteiger partial charge is 0.309 e. The van der Waals surface area contributed by atoms with E-state index in [-0.39, 0.29) is 11.6 Å². The summed E-state index contributed by atoms with van der Waals surface area (Å²) in [5.74, 6) is -1.88. The van der Waals surface area contributed by atoms with Crippen molar-refractivity contribution in [1.82, 2.24) is 0 Å². The highest BCUT2D eigenvalue weighted by atomic mass is 19.1. The lowest BCUT2D eigenvalue weighted by molar-refractivity contribution is -0.135. The molecule has 1 amide bonds. The van der Waals surface area contributed by atoms with E-state index in [0.717, 1.165) is 16.7 Å². The van der Waals surface area contributed by atoms with E-state index in [1.54, 1.807) is 48.6 Å². The molecule has 0 bridgehead atoms. The van der Waals surface area contributed by atoms with E-state index in [1.807, 2.05) is 6.07 Å². The zero-order valence-electron chi connectivity index (χ0n) is 18.4. The second kappa shape index (κ2) is 10.9. The van der Waals surface area contributed by atoms with Gasteiger partial charge in [-0.05, 0) is 59.2 Å². The number of hydrogen-bond donors (Lipinski definition) is 4. The zero-order valence-corrected chi connectivity index (χ0v) is 18.4. The van der Waals surface area contributed by atoms with Crippen LogP contribution in [0.3, 0.4) is 0 Å². The Morgan fingerprint density at radius 2 is 1.68 bits per heavy atom. The van der Waals surface area contributed by atoms with Crippen LogP contribution in [0.2, 0.25) is 0 Å². The fourth-order valence-electron chi connectivity index (χ4n) is 3.36. The van der Waals surface area contributed by atoms with E-state index in [9.17, 15) is 14.0 Å². The van der Waals surface area contributed by atoms with Crippen LogP contribution in [0.15, 0.2) is 73.8 Å². The van der Waals surface area contributed by atoms with Crippen molar-refractivity contribution in [3.63, 3.8) is 0 Å². The van der Waals surface area contributed by atoms with Gasteiger partial charge >= 0.3 is 5.97 Å². The number of carbonyl (C=O) groups is 2. The van der Waals surface area contributed by atoms with Gasteiger partial charge in [0.15, 0.2) is 0 Å². The number of hydrogen-bond acceptors (Lipinski definition) is 4. The molecule has 0 heterocycles. The maximum atomic E-state index is 13.7. The van der Waals surface area contributed by atoms with Gasteiger partial charge in [0.25, 0.3) is 5.91 Å². The Bertz CT molecular complexity index is 1270. The van der Waals surface area contributed by atoms with Crippen LogP contribution in [-0.2, 0) is 11.3 Å². The SMILES string of the molecule is C=Cc1ccc(C(=O)Nc2ccc(CNc3cc(F)ccc3C(=N)CC(=O)O)cc2)cc1C=C. The molecule has 7 heteroatoms. The molecule has 0 atom stereocenters. The molecular weight excluding hydrogens is 433 g/mol. The molecule has 0 spiro atoms. The molecular formula is C27H24FN3O3. The maximum absolute atomic E-state index is 13.7. The highest BCUT2D eigenvalue weighted by Crippen LogP contribution is 2.21. The number of benzene rings is 3. The highest BCUT2D eigenvalue weighted by molar-refractivity contribution is 6.10. The number of halogens is 1. The molecule has 0 aliphatic carbocycles. The molecule has 0 aromatic heterocycles. The zero-order chi connectivity index (χ0) is 24.7. The van der Waals surface area contributed by atoms with Crippen LogP contribution in [0.4, 0.5) is 15.8 Å². The average molecular weight is 458 g/mol. The Hall–Kier alpha value is -4.52. The number of aliphatic carboxylic acids is 1. The summed E-state index contributed by atoms with van der Waals surface area (Å²) in [4.78, 5) is 23.5.